The number of amides is 1. The molecular formula is C14H20N2O2S. The molecule has 1 aromatic carbocycles. The number of carbonyl (C=O) groups excluding carboxylic acids is 1. The largest absolute Gasteiger partial charge is 0.321 e. The number of aryl methyl sites for hydroxylation is 1. The molecule has 0 aliphatic carbocycles. The van der Waals surface area contributed by atoms with E-state index in [1.165, 1.54) is 5.56 Å². The van der Waals surface area contributed by atoms with Gasteiger partial charge in [-0.25, -0.2) is 0 Å². The van der Waals surface area contributed by atoms with Crippen molar-refractivity contribution in [2.75, 3.05) is 18.6 Å². The van der Waals surface area contributed by atoms with Gasteiger partial charge in [0.25, 0.3) is 0 Å². The summed E-state index contributed by atoms with van der Waals surface area (Å²) in [6.45, 7) is 4.43. The summed E-state index contributed by atoms with van der Waals surface area (Å²) in [4.78, 5) is 13.9. The molecule has 19 heavy (non-hydrogen) atoms. The molecule has 0 bridgehead atoms. The van der Waals surface area contributed by atoms with Gasteiger partial charge in [0.05, 0.1) is 6.04 Å². The van der Waals surface area contributed by atoms with E-state index >= 15 is 0 Å². The lowest BCUT2D eigenvalue weighted by Crippen LogP contribution is -2.33. The van der Waals surface area contributed by atoms with Gasteiger partial charge in [-0.05, 0) is 19.4 Å². The van der Waals surface area contributed by atoms with E-state index in [0.29, 0.717) is 12.3 Å². The number of benzene rings is 1. The molecule has 3 unspecified atom stereocenters. The molecule has 4 nitrogen and oxygen atoms in total. The van der Waals surface area contributed by atoms with Crippen LogP contribution in [0.5, 0.6) is 0 Å². The van der Waals surface area contributed by atoms with Crippen molar-refractivity contribution in [1.82, 2.24) is 10.2 Å². The summed E-state index contributed by atoms with van der Waals surface area (Å²) in [5.74, 6) is 0.596. The lowest BCUT2D eigenvalue weighted by atomic mass is 10.1. The monoisotopic (exact) mass is 280 g/mol. The lowest BCUT2D eigenvalue weighted by molar-refractivity contribution is -0.129. The quantitative estimate of drug-likeness (QED) is 0.901. The van der Waals surface area contributed by atoms with Gasteiger partial charge in [0, 0.05) is 29.4 Å². The first kappa shape index (κ1) is 14.2. The van der Waals surface area contributed by atoms with Crippen LogP contribution in [0.2, 0.25) is 0 Å². The van der Waals surface area contributed by atoms with Crippen LogP contribution < -0.4 is 5.32 Å². The Morgan fingerprint density at radius 3 is 2.53 bits per heavy atom. The fourth-order valence-corrected chi connectivity index (χ4v) is 2.72. The van der Waals surface area contributed by atoms with Crippen molar-refractivity contribution >= 4 is 16.7 Å². The number of hydrogen-bond donors (Lipinski definition) is 1. The van der Waals surface area contributed by atoms with Crippen molar-refractivity contribution in [2.24, 2.45) is 0 Å². The van der Waals surface area contributed by atoms with Gasteiger partial charge < -0.3 is 4.90 Å². The van der Waals surface area contributed by atoms with Gasteiger partial charge in [-0.15, -0.1) is 0 Å². The number of rotatable bonds is 4. The maximum atomic E-state index is 12.1. The number of nitrogens with zero attached hydrogens (tertiary/aromatic N) is 1. The Kier molecular flexibility index (Phi) is 4.37. The van der Waals surface area contributed by atoms with E-state index in [4.69, 9.17) is 0 Å². The summed E-state index contributed by atoms with van der Waals surface area (Å²) in [7, 11) is -0.884. The van der Waals surface area contributed by atoms with E-state index in [0.717, 1.165) is 5.56 Å². The lowest BCUT2D eigenvalue weighted by Gasteiger charge is -2.24. The fourth-order valence-electron chi connectivity index (χ4n) is 2.27. The van der Waals surface area contributed by atoms with E-state index < -0.39 is 10.8 Å². The minimum Gasteiger partial charge on any atom is -0.321 e. The maximum Gasteiger partial charge on any atom is 0.241 e. The molecule has 104 valence electrons. The van der Waals surface area contributed by atoms with Crippen LogP contribution in [0, 0.1) is 6.92 Å². The second-order valence-electron chi connectivity index (χ2n) is 5.01. The third-order valence-electron chi connectivity index (χ3n) is 3.39. The summed E-state index contributed by atoms with van der Waals surface area (Å²) >= 11 is 0. The van der Waals surface area contributed by atoms with Crippen LogP contribution in [0.3, 0.4) is 0 Å². The van der Waals surface area contributed by atoms with Gasteiger partial charge in [-0.1, -0.05) is 29.8 Å². The van der Waals surface area contributed by atoms with Crippen molar-refractivity contribution in [1.29, 1.82) is 0 Å². The Labute approximate surface area is 116 Å². The van der Waals surface area contributed by atoms with Crippen molar-refractivity contribution in [3.63, 3.8) is 0 Å². The summed E-state index contributed by atoms with van der Waals surface area (Å²) in [5.41, 5.74) is 2.27. The second-order valence-corrected chi connectivity index (χ2v) is 6.57. The highest BCUT2D eigenvalue weighted by Gasteiger charge is 2.36. The SMILES string of the molecule is Cc1ccc(C2NC(C)C(=O)N2CCS(C)=O)cc1. The molecule has 0 saturated carbocycles. The van der Waals surface area contributed by atoms with E-state index in [-0.39, 0.29) is 18.1 Å². The van der Waals surface area contributed by atoms with Crippen molar-refractivity contribution in [3.8, 4) is 0 Å². The van der Waals surface area contributed by atoms with Crippen LogP contribution in [0.25, 0.3) is 0 Å². The van der Waals surface area contributed by atoms with Crippen molar-refractivity contribution in [3.05, 3.63) is 35.4 Å². The summed E-state index contributed by atoms with van der Waals surface area (Å²) < 4.78 is 11.2. The van der Waals surface area contributed by atoms with E-state index in [9.17, 15) is 9.00 Å². The smallest absolute Gasteiger partial charge is 0.241 e. The molecule has 0 spiro atoms. The average molecular weight is 280 g/mol. The zero-order valence-electron chi connectivity index (χ0n) is 11.6. The van der Waals surface area contributed by atoms with Crippen LogP contribution in [0.1, 0.15) is 24.2 Å². The molecule has 3 atom stereocenters. The highest BCUT2D eigenvalue weighted by molar-refractivity contribution is 7.84. The Morgan fingerprint density at radius 1 is 1.32 bits per heavy atom. The molecule has 1 aliphatic rings. The van der Waals surface area contributed by atoms with Gasteiger partial charge in [0.15, 0.2) is 0 Å². The van der Waals surface area contributed by atoms with Crippen LogP contribution >= 0.6 is 0 Å². The van der Waals surface area contributed by atoms with Crippen LogP contribution in [0.4, 0.5) is 0 Å². The Hall–Kier alpha value is -1.20. The van der Waals surface area contributed by atoms with E-state index in [2.05, 4.69) is 5.32 Å². The first-order valence-corrected chi connectivity index (χ1v) is 8.15. The van der Waals surface area contributed by atoms with Crippen LogP contribution in [0.15, 0.2) is 24.3 Å². The molecule has 0 radical (unpaired) electrons. The third kappa shape index (κ3) is 3.22. The second kappa shape index (κ2) is 5.84. The normalized spacial score (nSPS) is 24.8. The molecule has 1 saturated heterocycles. The van der Waals surface area contributed by atoms with Gasteiger partial charge >= 0.3 is 0 Å². The van der Waals surface area contributed by atoms with Crippen molar-refractivity contribution in [2.45, 2.75) is 26.1 Å². The molecule has 1 amide bonds. The van der Waals surface area contributed by atoms with Crippen molar-refractivity contribution < 1.29 is 9.00 Å². The predicted octanol–water partition coefficient (Wildman–Crippen LogP) is 1.19. The van der Waals surface area contributed by atoms with Crippen LogP contribution in [-0.2, 0) is 15.6 Å². The van der Waals surface area contributed by atoms with Crippen LogP contribution in [-0.4, -0.2) is 39.6 Å². The molecule has 1 aromatic rings. The highest BCUT2D eigenvalue weighted by Crippen LogP contribution is 2.25. The predicted molar refractivity (Wildman–Crippen MR) is 77.2 cm³/mol. The topological polar surface area (TPSA) is 49.4 Å². The minimum absolute atomic E-state index is 0.0797. The van der Waals surface area contributed by atoms with Gasteiger partial charge in [0.2, 0.25) is 5.91 Å². The molecule has 2 rings (SSSR count). The summed E-state index contributed by atoms with van der Waals surface area (Å²) in [6.07, 6.45) is 1.56. The number of nitrogens with one attached hydrogen (secondary N) is 1. The zero-order valence-corrected chi connectivity index (χ0v) is 12.4. The molecule has 1 N–H and O–H groups in total. The van der Waals surface area contributed by atoms with E-state index in [1.54, 1.807) is 11.2 Å². The molecular weight excluding hydrogens is 260 g/mol. The Balaban J connectivity index is 2.19. The van der Waals surface area contributed by atoms with E-state index in [1.807, 2.05) is 38.1 Å². The molecule has 5 heteroatoms. The molecule has 1 aliphatic heterocycles. The highest BCUT2D eigenvalue weighted by atomic mass is 32.2. The number of carbonyl (C=O) groups is 1. The maximum absolute atomic E-state index is 12.1. The Morgan fingerprint density at radius 2 is 1.95 bits per heavy atom. The Bertz CT molecular complexity index is 487. The first-order chi connectivity index (χ1) is 8.99. The standard InChI is InChI=1S/C14H20N2O2S/c1-10-4-6-12(7-5-10)13-15-11(2)14(17)16(13)8-9-19(3)18/h4-7,11,13,15H,8-9H2,1-3H3. The number of hydrogen-bond acceptors (Lipinski definition) is 3. The van der Waals surface area contributed by atoms with Gasteiger partial charge in [-0.2, -0.15) is 0 Å². The molecule has 1 heterocycles. The third-order valence-corrected chi connectivity index (χ3v) is 4.14. The first-order valence-electron chi connectivity index (χ1n) is 6.42. The van der Waals surface area contributed by atoms with Gasteiger partial charge in [-0.3, -0.25) is 14.3 Å². The summed E-state index contributed by atoms with van der Waals surface area (Å²) in [5, 5.41) is 3.29. The average Bonchev–Trinajstić information content (AvgIpc) is 2.64. The summed E-state index contributed by atoms with van der Waals surface area (Å²) in [6, 6.07) is 7.97. The zero-order chi connectivity index (χ0) is 14.0. The molecule has 1 fully saturated rings. The van der Waals surface area contributed by atoms with Gasteiger partial charge in [0.1, 0.15) is 6.17 Å². The molecule has 0 aromatic heterocycles. The minimum atomic E-state index is -0.884. The fraction of sp³-hybridized carbons (Fsp3) is 0.500.